The summed E-state index contributed by atoms with van der Waals surface area (Å²) in [4.78, 5) is 16.4. The van der Waals surface area contributed by atoms with E-state index in [1.165, 1.54) is 0 Å². The first-order valence-corrected chi connectivity index (χ1v) is 7.42. The highest BCUT2D eigenvalue weighted by molar-refractivity contribution is 5.93. The maximum atomic E-state index is 12.3. The number of pyridine rings is 1. The lowest BCUT2D eigenvalue weighted by Crippen LogP contribution is -2.48. The van der Waals surface area contributed by atoms with Crippen molar-refractivity contribution in [2.45, 2.75) is 6.92 Å². The summed E-state index contributed by atoms with van der Waals surface area (Å²) in [6, 6.07) is 11.2. The summed E-state index contributed by atoms with van der Waals surface area (Å²) in [5, 5.41) is 6.11. The summed E-state index contributed by atoms with van der Waals surface area (Å²) >= 11 is 0. The number of amides is 1. The van der Waals surface area contributed by atoms with E-state index in [-0.39, 0.29) is 11.8 Å². The Hall–Kier alpha value is -2.40. The molecule has 1 aromatic carbocycles. The van der Waals surface area contributed by atoms with Crippen molar-refractivity contribution in [3.05, 3.63) is 48.8 Å². The summed E-state index contributed by atoms with van der Waals surface area (Å²) < 4.78 is 5.82. The molecule has 2 aromatic rings. The van der Waals surface area contributed by atoms with Gasteiger partial charge in [0.2, 0.25) is 5.91 Å². The van der Waals surface area contributed by atoms with Crippen molar-refractivity contribution < 1.29 is 9.53 Å². The highest BCUT2D eigenvalue weighted by Gasteiger charge is 2.29. The first kappa shape index (κ1) is 14.5. The predicted molar refractivity (Wildman–Crippen MR) is 84.9 cm³/mol. The van der Waals surface area contributed by atoms with E-state index in [1.54, 1.807) is 18.5 Å². The highest BCUT2D eigenvalue weighted by Crippen LogP contribution is 2.29. The predicted octanol–water partition coefficient (Wildman–Crippen LogP) is 2.67. The molecule has 5 nitrogen and oxygen atoms in total. The first-order chi connectivity index (χ1) is 10.7. The minimum Gasteiger partial charge on any atom is -0.455 e. The number of nitrogens with zero attached hydrogens (tertiary/aromatic N) is 1. The highest BCUT2D eigenvalue weighted by atomic mass is 16.5. The van der Waals surface area contributed by atoms with Gasteiger partial charge in [-0.1, -0.05) is 25.1 Å². The Labute approximate surface area is 129 Å². The van der Waals surface area contributed by atoms with E-state index in [2.05, 4.69) is 15.6 Å². The Morgan fingerprint density at radius 3 is 2.77 bits per heavy atom. The van der Waals surface area contributed by atoms with Crippen molar-refractivity contribution in [2.75, 3.05) is 18.4 Å². The second-order valence-corrected chi connectivity index (χ2v) is 5.48. The van der Waals surface area contributed by atoms with E-state index in [4.69, 9.17) is 4.74 Å². The lowest BCUT2D eigenvalue weighted by atomic mass is 9.88. The second kappa shape index (κ2) is 6.58. The Morgan fingerprint density at radius 2 is 2.09 bits per heavy atom. The fourth-order valence-electron chi connectivity index (χ4n) is 2.31. The summed E-state index contributed by atoms with van der Waals surface area (Å²) in [6.07, 6.45) is 3.26. The Bertz CT molecular complexity index is 641. The van der Waals surface area contributed by atoms with Crippen molar-refractivity contribution in [1.82, 2.24) is 10.3 Å². The molecule has 1 fully saturated rings. The molecule has 1 aromatic heterocycles. The van der Waals surface area contributed by atoms with Gasteiger partial charge < -0.3 is 15.4 Å². The zero-order valence-corrected chi connectivity index (χ0v) is 12.5. The van der Waals surface area contributed by atoms with Crippen LogP contribution in [0.2, 0.25) is 0 Å². The first-order valence-electron chi connectivity index (χ1n) is 7.42. The van der Waals surface area contributed by atoms with Gasteiger partial charge >= 0.3 is 0 Å². The quantitative estimate of drug-likeness (QED) is 0.890. The van der Waals surface area contributed by atoms with Crippen LogP contribution >= 0.6 is 0 Å². The maximum absolute atomic E-state index is 12.3. The third-order valence-electron chi connectivity index (χ3n) is 3.94. The van der Waals surface area contributed by atoms with Gasteiger partial charge in [-0.25, -0.2) is 0 Å². The van der Waals surface area contributed by atoms with E-state index in [0.717, 1.165) is 18.8 Å². The van der Waals surface area contributed by atoms with Gasteiger partial charge in [0.1, 0.15) is 11.4 Å². The van der Waals surface area contributed by atoms with Crippen LogP contribution < -0.4 is 15.4 Å². The number of benzene rings is 1. The number of hydrogen-bond donors (Lipinski definition) is 2. The molecule has 5 heteroatoms. The molecule has 1 unspecified atom stereocenters. The summed E-state index contributed by atoms with van der Waals surface area (Å²) in [5.41, 5.74) is 0.593. The standard InChI is InChI=1S/C17H19N3O2/c1-12(13-9-19-10-13)17(21)20-15-11-18-8-7-16(15)22-14-5-3-2-4-6-14/h2-8,11-13,19H,9-10H2,1H3,(H,20,21). The lowest BCUT2D eigenvalue weighted by molar-refractivity contribution is -0.121. The summed E-state index contributed by atoms with van der Waals surface area (Å²) in [5.74, 6) is 1.67. The molecule has 0 aliphatic carbocycles. The minimum absolute atomic E-state index is 0.00240. The fraction of sp³-hybridized carbons (Fsp3) is 0.294. The molecule has 22 heavy (non-hydrogen) atoms. The molecule has 114 valence electrons. The Balaban J connectivity index is 1.72. The van der Waals surface area contributed by atoms with Gasteiger partial charge in [-0.05, 0) is 31.1 Å². The third kappa shape index (κ3) is 3.26. The Morgan fingerprint density at radius 1 is 1.32 bits per heavy atom. The molecule has 1 amide bonds. The largest absolute Gasteiger partial charge is 0.455 e. The van der Waals surface area contributed by atoms with Crippen LogP contribution in [0, 0.1) is 11.8 Å². The Kier molecular flexibility index (Phi) is 4.34. The van der Waals surface area contributed by atoms with Gasteiger partial charge in [-0.3, -0.25) is 9.78 Å². The van der Waals surface area contributed by atoms with E-state index in [1.807, 2.05) is 37.3 Å². The number of rotatable bonds is 5. The van der Waals surface area contributed by atoms with Crippen LogP contribution in [0.3, 0.4) is 0 Å². The molecule has 2 N–H and O–H groups in total. The molecule has 1 saturated heterocycles. The SMILES string of the molecule is CC(C(=O)Nc1cnccc1Oc1ccccc1)C1CNC1. The molecule has 2 heterocycles. The number of anilines is 1. The van der Waals surface area contributed by atoms with Gasteiger partial charge in [0.15, 0.2) is 5.75 Å². The molecule has 0 bridgehead atoms. The smallest absolute Gasteiger partial charge is 0.227 e. The van der Waals surface area contributed by atoms with E-state index in [0.29, 0.717) is 17.4 Å². The average molecular weight is 297 g/mol. The number of carbonyl (C=O) groups is 1. The van der Waals surface area contributed by atoms with Crippen LogP contribution in [0.5, 0.6) is 11.5 Å². The molecule has 3 rings (SSSR count). The van der Waals surface area contributed by atoms with Gasteiger partial charge in [-0.15, -0.1) is 0 Å². The van der Waals surface area contributed by atoms with Crippen LogP contribution in [0.15, 0.2) is 48.8 Å². The molecule has 0 saturated carbocycles. The van der Waals surface area contributed by atoms with Crippen molar-refractivity contribution in [2.24, 2.45) is 11.8 Å². The van der Waals surface area contributed by atoms with Gasteiger partial charge in [-0.2, -0.15) is 0 Å². The zero-order chi connectivity index (χ0) is 15.4. The van der Waals surface area contributed by atoms with E-state index >= 15 is 0 Å². The number of nitrogens with one attached hydrogen (secondary N) is 2. The molecule has 0 spiro atoms. The van der Waals surface area contributed by atoms with E-state index < -0.39 is 0 Å². The van der Waals surface area contributed by atoms with Crippen molar-refractivity contribution in [3.63, 3.8) is 0 Å². The zero-order valence-electron chi connectivity index (χ0n) is 12.5. The molecule has 1 aliphatic heterocycles. The second-order valence-electron chi connectivity index (χ2n) is 5.48. The number of hydrogen-bond acceptors (Lipinski definition) is 4. The molecule has 1 atom stereocenters. The number of para-hydroxylation sites is 1. The van der Waals surface area contributed by atoms with Crippen LogP contribution in [0.25, 0.3) is 0 Å². The van der Waals surface area contributed by atoms with Crippen molar-refractivity contribution >= 4 is 11.6 Å². The van der Waals surface area contributed by atoms with Crippen LogP contribution in [-0.4, -0.2) is 24.0 Å². The normalized spacial score (nSPS) is 15.7. The van der Waals surface area contributed by atoms with E-state index in [9.17, 15) is 4.79 Å². The fourth-order valence-corrected chi connectivity index (χ4v) is 2.31. The molecule has 1 aliphatic rings. The third-order valence-corrected chi connectivity index (χ3v) is 3.94. The minimum atomic E-state index is -0.0361. The summed E-state index contributed by atoms with van der Waals surface area (Å²) in [6.45, 7) is 3.75. The van der Waals surface area contributed by atoms with Gasteiger partial charge in [0.05, 0.1) is 6.20 Å². The average Bonchev–Trinajstić information content (AvgIpc) is 2.48. The van der Waals surface area contributed by atoms with Gasteiger partial charge in [0.25, 0.3) is 0 Å². The van der Waals surface area contributed by atoms with Crippen LogP contribution in [-0.2, 0) is 4.79 Å². The van der Waals surface area contributed by atoms with Crippen LogP contribution in [0.1, 0.15) is 6.92 Å². The van der Waals surface area contributed by atoms with Crippen molar-refractivity contribution in [3.8, 4) is 11.5 Å². The number of carbonyl (C=O) groups excluding carboxylic acids is 1. The molecular formula is C17H19N3O2. The topological polar surface area (TPSA) is 63.2 Å². The lowest BCUT2D eigenvalue weighted by Gasteiger charge is -2.31. The number of aromatic nitrogens is 1. The maximum Gasteiger partial charge on any atom is 0.227 e. The molecular weight excluding hydrogens is 278 g/mol. The van der Waals surface area contributed by atoms with Gasteiger partial charge in [0, 0.05) is 18.2 Å². The summed E-state index contributed by atoms with van der Waals surface area (Å²) in [7, 11) is 0. The number of ether oxygens (including phenoxy) is 1. The van der Waals surface area contributed by atoms with Crippen molar-refractivity contribution in [1.29, 1.82) is 0 Å². The van der Waals surface area contributed by atoms with Crippen LogP contribution in [0.4, 0.5) is 5.69 Å². The molecule has 0 radical (unpaired) electrons. The monoisotopic (exact) mass is 297 g/mol.